The minimum Gasteiger partial charge on any atom is -0.360 e. The van der Waals surface area contributed by atoms with E-state index in [1.165, 1.54) is 32.4 Å². The van der Waals surface area contributed by atoms with Crippen LogP contribution in [0.1, 0.15) is 50.5 Å². The summed E-state index contributed by atoms with van der Waals surface area (Å²) in [4.78, 5) is 2.60. The van der Waals surface area contributed by atoms with Gasteiger partial charge in [0.25, 0.3) is 0 Å². The van der Waals surface area contributed by atoms with Gasteiger partial charge in [0, 0.05) is 19.2 Å². The highest BCUT2D eigenvalue weighted by molar-refractivity contribution is 5.10. The Bertz CT molecular complexity index is 449. The second kappa shape index (κ2) is 4.34. The van der Waals surface area contributed by atoms with E-state index in [1.807, 2.05) is 0 Å². The summed E-state index contributed by atoms with van der Waals surface area (Å²) in [6.07, 6.45) is 4.53. The minimum absolute atomic E-state index is 0.464. The lowest BCUT2D eigenvalue weighted by Crippen LogP contribution is -2.22. The Morgan fingerprint density at radius 3 is 2.53 bits per heavy atom. The van der Waals surface area contributed by atoms with Gasteiger partial charge in [0.1, 0.15) is 0 Å². The van der Waals surface area contributed by atoms with Crippen molar-refractivity contribution in [2.24, 2.45) is 23.7 Å². The standard InChI is InChI=1S/C16H24N2O/c1-10(2)16-6-13(19-17-16)7-18-8-14-11-3-4-12(5-11)15(14)9-18/h6,10-12,14-15H,3-5,7-9H2,1-2H3/t11-,12+,14-,15+. The van der Waals surface area contributed by atoms with Crippen LogP contribution in [0.15, 0.2) is 10.6 Å². The van der Waals surface area contributed by atoms with Crippen LogP contribution in [0.4, 0.5) is 0 Å². The molecule has 1 aromatic heterocycles. The van der Waals surface area contributed by atoms with Gasteiger partial charge in [-0.3, -0.25) is 4.90 Å². The molecule has 3 heteroatoms. The Balaban J connectivity index is 1.42. The van der Waals surface area contributed by atoms with Crippen LogP contribution in [0.25, 0.3) is 0 Å². The van der Waals surface area contributed by atoms with Crippen molar-refractivity contribution in [3.63, 3.8) is 0 Å². The van der Waals surface area contributed by atoms with Crippen molar-refractivity contribution in [2.45, 2.75) is 45.6 Å². The van der Waals surface area contributed by atoms with Gasteiger partial charge in [-0.25, -0.2) is 0 Å². The van der Waals surface area contributed by atoms with E-state index in [0.29, 0.717) is 5.92 Å². The molecule has 3 aliphatic rings. The summed E-state index contributed by atoms with van der Waals surface area (Å²) in [6.45, 7) is 7.89. The van der Waals surface area contributed by atoms with Crippen molar-refractivity contribution in [2.75, 3.05) is 13.1 Å². The molecule has 0 amide bonds. The van der Waals surface area contributed by atoms with Crippen LogP contribution in [-0.4, -0.2) is 23.1 Å². The van der Waals surface area contributed by atoms with Gasteiger partial charge in [-0.15, -0.1) is 0 Å². The van der Waals surface area contributed by atoms with Gasteiger partial charge < -0.3 is 4.52 Å². The minimum atomic E-state index is 0.464. The Morgan fingerprint density at radius 1 is 1.26 bits per heavy atom. The fourth-order valence-corrected chi connectivity index (χ4v) is 4.79. The van der Waals surface area contributed by atoms with E-state index < -0.39 is 0 Å². The molecule has 1 saturated heterocycles. The number of fused-ring (bicyclic) bond motifs is 5. The Kier molecular flexibility index (Phi) is 2.73. The molecule has 1 aliphatic heterocycles. The maximum absolute atomic E-state index is 5.49. The second-order valence-corrected chi connectivity index (χ2v) is 7.23. The molecule has 0 N–H and O–H groups in total. The van der Waals surface area contributed by atoms with Crippen LogP contribution >= 0.6 is 0 Å². The normalized spacial score (nSPS) is 37.4. The number of rotatable bonds is 3. The predicted octanol–water partition coefficient (Wildman–Crippen LogP) is 3.28. The van der Waals surface area contributed by atoms with Crippen molar-refractivity contribution in [1.82, 2.24) is 10.1 Å². The third-order valence-corrected chi connectivity index (χ3v) is 5.76. The first kappa shape index (κ1) is 12.0. The molecular formula is C16H24N2O. The van der Waals surface area contributed by atoms with E-state index in [0.717, 1.165) is 41.7 Å². The summed E-state index contributed by atoms with van der Waals surface area (Å²) in [7, 11) is 0. The molecule has 0 radical (unpaired) electrons. The predicted molar refractivity (Wildman–Crippen MR) is 73.7 cm³/mol. The topological polar surface area (TPSA) is 29.3 Å². The van der Waals surface area contributed by atoms with Gasteiger partial charge in [-0.05, 0) is 48.9 Å². The number of aromatic nitrogens is 1. The largest absolute Gasteiger partial charge is 0.360 e. The molecule has 2 aliphatic carbocycles. The van der Waals surface area contributed by atoms with E-state index in [4.69, 9.17) is 4.52 Å². The number of hydrogen-bond donors (Lipinski definition) is 0. The lowest BCUT2D eigenvalue weighted by atomic mass is 9.82. The molecule has 0 aromatic carbocycles. The van der Waals surface area contributed by atoms with E-state index >= 15 is 0 Å². The first-order valence-corrected chi connectivity index (χ1v) is 7.88. The lowest BCUT2D eigenvalue weighted by Gasteiger charge is -2.22. The zero-order valence-electron chi connectivity index (χ0n) is 12.0. The van der Waals surface area contributed by atoms with Crippen molar-refractivity contribution >= 4 is 0 Å². The summed E-state index contributed by atoms with van der Waals surface area (Å²) >= 11 is 0. The zero-order valence-corrected chi connectivity index (χ0v) is 12.0. The SMILES string of the molecule is CC(C)c1cc(CN2C[C@@H]3[C@@H]4CC[C@@H](C4)[C@@H]3C2)on1. The zero-order chi connectivity index (χ0) is 13.0. The summed E-state index contributed by atoms with van der Waals surface area (Å²) in [5.41, 5.74) is 1.09. The van der Waals surface area contributed by atoms with E-state index in [9.17, 15) is 0 Å². The summed E-state index contributed by atoms with van der Waals surface area (Å²) in [5, 5.41) is 4.17. The molecule has 0 spiro atoms. The van der Waals surface area contributed by atoms with Gasteiger partial charge in [0.05, 0.1) is 12.2 Å². The van der Waals surface area contributed by atoms with Gasteiger partial charge in [0.2, 0.25) is 0 Å². The molecule has 0 unspecified atom stereocenters. The number of hydrogen-bond acceptors (Lipinski definition) is 3. The third-order valence-electron chi connectivity index (χ3n) is 5.76. The molecule has 19 heavy (non-hydrogen) atoms. The average molecular weight is 260 g/mol. The highest BCUT2D eigenvalue weighted by Gasteiger charge is 2.51. The quantitative estimate of drug-likeness (QED) is 0.835. The average Bonchev–Trinajstić information content (AvgIpc) is 3.10. The first-order chi connectivity index (χ1) is 9.20. The Hall–Kier alpha value is -0.830. The fourth-order valence-electron chi connectivity index (χ4n) is 4.79. The molecule has 3 nitrogen and oxygen atoms in total. The van der Waals surface area contributed by atoms with Crippen LogP contribution < -0.4 is 0 Å². The molecule has 2 heterocycles. The molecule has 1 aromatic rings. The summed E-state index contributed by atoms with van der Waals surface area (Å²) in [6, 6.07) is 2.15. The van der Waals surface area contributed by atoms with Gasteiger partial charge in [-0.2, -0.15) is 0 Å². The monoisotopic (exact) mass is 260 g/mol. The van der Waals surface area contributed by atoms with Crippen LogP contribution in [0.2, 0.25) is 0 Å². The molecule has 2 bridgehead atoms. The van der Waals surface area contributed by atoms with E-state index in [2.05, 4.69) is 30.0 Å². The fraction of sp³-hybridized carbons (Fsp3) is 0.812. The molecule has 2 saturated carbocycles. The molecule has 3 fully saturated rings. The summed E-state index contributed by atoms with van der Waals surface area (Å²) < 4.78 is 5.49. The number of likely N-dealkylation sites (tertiary alicyclic amines) is 1. The summed E-state index contributed by atoms with van der Waals surface area (Å²) in [5.74, 6) is 5.58. The van der Waals surface area contributed by atoms with Gasteiger partial charge in [-0.1, -0.05) is 19.0 Å². The highest BCUT2D eigenvalue weighted by atomic mass is 16.5. The van der Waals surface area contributed by atoms with Crippen LogP contribution in [0, 0.1) is 23.7 Å². The van der Waals surface area contributed by atoms with Gasteiger partial charge in [0.15, 0.2) is 5.76 Å². The Labute approximate surface area is 115 Å². The lowest BCUT2D eigenvalue weighted by molar-refractivity contribution is 0.248. The van der Waals surface area contributed by atoms with E-state index in [1.54, 1.807) is 0 Å². The maximum atomic E-state index is 5.49. The molecule has 4 rings (SSSR count). The van der Waals surface area contributed by atoms with Crippen LogP contribution in [0.3, 0.4) is 0 Å². The highest BCUT2D eigenvalue weighted by Crippen LogP contribution is 2.55. The van der Waals surface area contributed by atoms with Crippen molar-refractivity contribution < 1.29 is 4.52 Å². The third kappa shape index (κ3) is 1.94. The smallest absolute Gasteiger partial charge is 0.150 e. The maximum Gasteiger partial charge on any atom is 0.150 e. The molecule has 104 valence electrons. The first-order valence-electron chi connectivity index (χ1n) is 7.88. The van der Waals surface area contributed by atoms with Crippen molar-refractivity contribution in [3.8, 4) is 0 Å². The van der Waals surface area contributed by atoms with Crippen molar-refractivity contribution in [3.05, 3.63) is 17.5 Å². The Morgan fingerprint density at radius 2 is 1.95 bits per heavy atom. The van der Waals surface area contributed by atoms with E-state index in [-0.39, 0.29) is 0 Å². The second-order valence-electron chi connectivity index (χ2n) is 7.23. The molecular weight excluding hydrogens is 236 g/mol. The van der Waals surface area contributed by atoms with Crippen LogP contribution in [-0.2, 0) is 6.54 Å². The van der Waals surface area contributed by atoms with Crippen LogP contribution in [0.5, 0.6) is 0 Å². The van der Waals surface area contributed by atoms with Crippen molar-refractivity contribution in [1.29, 1.82) is 0 Å². The molecule has 4 atom stereocenters. The van der Waals surface area contributed by atoms with Gasteiger partial charge >= 0.3 is 0 Å². The number of nitrogens with zero attached hydrogens (tertiary/aromatic N) is 2.